The summed E-state index contributed by atoms with van der Waals surface area (Å²) in [5.74, 6) is -0.0805. The first-order valence-corrected chi connectivity index (χ1v) is 27.4. The average Bonchev–Trinajstić information content (AvgIpc) is 3.28. The summed E-state index contributed by atoms with van der Waals surface area (Å²) in [6, 6.07) is -0.631. The molecule has 0 saturated carbocycles. The summed E-state index contributed by atoms with van der Waals surface area (Å²) >= 11 is 0. The molecule has 6 nitrogen and oxygen atoms in total. The van der Waals surface area contributed by atoms with Gasteiger partial charge < -0.3 is 20.3 Å². The highest BCUT2D eigenvalue weighted by atomic mass is 16.5. The molecule has 0 aliphatic rings. The van der Waals surface area contributed by atoms with Crippen LogP contribution in [0, 0.1) is 0 Å². The Hall–Kier alpha value is -2.18. The first-order chi connectivity index (χ1) is 31.0. The third-order valence-corrected chi connectivity index (χ3v) is 12.3. The molecule has 0 saturated heterocycles. The third-order valence-electron chi connectivity index (χ3n) is 12.3. The Kier molecular flexibility index (Phi) is 50.6. The number of carbonyl (C=O) groups is 2. The van der Waals surface area contributed by atoms with Gasteiger partial charge in [-0.05, 0) is 83.5 Å². The predicted molar refractivity (Wildman–Crippen MR) is 273 cm³/mol. The lowest BCUT2D eigenvalue weighted by Crippen LogP contribution is -2.45. The fourth-order valence-electron chi connectivity index (χ4n) is 8.06. The molecule has 1 amide bonds. The number of hydrogen-bond donors (Lipinski definition) is 3. The van der Waals surface area contributed by atoms with Crippen LogP contribution in [0.5, 0.6) is 0 Å². The number of rotatable bonds is 50. The van der Waals surface area contributed by atoms with Gasteiger partial charge in [0.2, 0.25) is 5.91 Å². The van der Waals surface area contributed by atoms with E-state index in [0.717, 1.165) is 51.4 Å². The van der Waals surface area contributed by atoms with E-state index in [2.05, 4.69) is 55.6 Å². The minimum atomic E-state index is -0.847. The zero-order chi connectivity index (χ0) is 45.8. The van der Waals surface area contributed by atoms with E-state index in [9.17, 15) is 19.8 Å². The standard InChI is InChI=1S/C57H105NO5/c1-3-5-7-9-11-13-30-35-39-43-47-51-57(62)63-52-48-44-40-36-32-29-27-25-23-21-19-17-15-16-18-20-22-24-26-28-31-34-38-42-46-50-56(61)58-54(53-59)55(60)49-45-41-37-33-14-12-10-8-6-4-2/h9,11,16-19,45,49,54-55,59-60H,3-8,10,12-15,20-44,46-48,50-53H2,1-2H3,(H,58,61)/b11-9-,18-16-,19-17-,49-45+. The van der Waals surface area contributed by atoms with Crippen LogP contribution in [0.4, 0.5) is 0 Å². The number of esters is 1. The SMILES string of the molecule is CCCC/C=C\CCCCCCCC(=O)OCCCCCCCCCCC/C=C\C/C=C\CCCCCCCCCCCC(=O)NC(CO)C(O)/C=C/CCCCCCCCCC. The number of ether oxygens (including phenoxy) is 1. The highest BCUT2D eigenvalue weighted by molar-refractivity contribution is 5.76. The van der Waals surface area contributed by atoms with Gasteiger partial charge in [-0.2, -0.15) is 0 Å². The van der Waals surface area contributed by atoms with Crippen LogP contribution < -0.4 is 5.32 Å². The number of unbranched alkanes of at least 4 members (excludes halogenated alkanes) is 33. The van der Waals surface area contributed by atoms with Crippen molar-refractivity contribution >= 4 is 11.9 Å². The van der Waals surface area contributed by atoms with Gasteiger partial charge >= 0.3 is 5.97 Å². The summed E-state index contributed by atoms with van der Waals surface area (Å²) in [6.07, 6.45) is 65.6. The molecule has 0 heterocycles. The molecule has 368 valence electrons. The molecule has 3 N–H and O–H groups in total. The molecule has 0 rings (SSSR count). The predicted octanol–water partition coefficient (Wildman–Crippen LogP) is 16.6. The van der Waals surface area contributed by atoms with Gasteiger partial charge in [-0.1, -0.05) is 229 Å². The van der Waals surface area contributed by atoms with Crippen LogP contribution in [-0.4, -0.2) is 47.4 Å². The maximum Gasteiger partial charge on any atom is 0.305 e. The molecule has 2 atom stereocenters. The van der Waals surface area contributed by atoms with Crippen LogP contribution in [0.15, 0.2) is 48.6 Å². The van der Waals surface area contributed by atoms with Crippen molar-refractivity contribution < 1.29 is 24.5 Å². The fraction of sp³-hybridized carbons (Fsp3) is 0.825. The number of nitrogens with one attached hydrogen (secondary N) is 1. The van der Waals surface area contributed by atoms with E-state index in [4.69, 9.17) is 4.74 Å². The minimum Gasteiger partial charge on any atom is -0.466 e. The monoisotopic (exact) mass is 884 g/mol. The number of amides is 1. The van der Waals surface area contributed by atoms with Gasteiger partial charge in [0, 0.05) is 12.8 Å². The maximum atomic E-state index is 12.4. The summed E-state index contributed by atoms with van der Waals surface area (Å²) in [5, 5.41) is 22.9. The highest BCUT2D eigenvalue weighted by Crippen LogP contribution is 2.15. The molecule has 0 aromatic heterocycles. The second-order valence-corrected chi connectivity index (χ2v) is 18.5. The molecule has 0 aliphatic heterocycles. The van der Waals surface area contributed by atoms with Gasteiger partial charge in [0.05, 0.1) is 25.4 Å². The molecule has 2 unspecified atom stereocenters. The topological polar surface area (TPSA) is 95.9 Å². The van der Waals surface area contributed by atoms with Crippen molar-refractivity contribution in [2.45, 2.75) is 289 Å². The second kappa shape index (κ2) is 52.4. The molecule has 63 heavy (non-hydrogen) atoms. The van der Waals surface area contributed by atoms with E-state index in [0.29, 0.717) is 19.4 Å². The minimum absolute atomic E-state index is 0.00350. The van der Waals surface area contributed by atoms with Crippen molar-refractivity contribution in [3.05, 3.63) is 48.6 Å². The summed E-state index contributed by atoms with van der Waals surface area (Å²) < 4.78 is 5.45. The quantitative estimate of drug-likeness (QED) is 0.0321. The van der Waals surface area contributed by atoms with Crippen molar-refractivity contribution in [3.63, 3.8) is 0 Å². The molecule has 0 spiro atoms. The summed E-state index contributed by atoms with van der Waals surface area (Å²) in [6.45, 7) is 4.83. The molecule has 0 radical (unpaired) electrons. The van der Waals surface area contributed by atoms with E-state index >= 15 is 0 Å². The molecule has 0 aliphatic carbocycles. The lowest BCUT2D eigenvalue weighted by atomic mass is 10.0. The Labute approximate surface area is 391 Å². The van der Waals surface area contributed by atoms with Crippen LogP contribution in [0.1, 0.15) is 277 Å². The number of hydrogen-bond acceptors (Lipinski definition) is 5. The average molecular weight is 884 g/mol. The molecular weight excluding hydrogens is 779 g/mol. The lowest BCUT2D eigenvalue weighted by molar-refractivity contribution is -0.143. The molecular formula is C57H105NO5. The van der Waals surface area contributed by atoms with Crippen molar-refractivity contribution in [3.8, 4) is 0 Å². The summed E-state index contributed by atoms with van der Waals surface area (Å²) in [7, 11) is 0. The first-order valence-electron chi connectivity index (χ1n) is 27.4. The Balaban J connectivity index is 3.45. The molecule has 0 bridgehead atoms. The van der Waals surface area contributed by atoms with E-state index in [1.54, 1.807) is 6.08 Å². The van der Waals surface area contributed by atoms with Gasteiger partial charge in [-0.3, -0.25) is 9.59 Å². The van der Waals surface area contributed by atoms with Crippen LogP contribution in [0.2, 0.25) is 0 Å². The summed E-state index contributed by atoms with van der Waals surface area (Å²) in [5.41, 5.74) is 0. The maximum absolute atomic E-state index is 12.4. The van der Waals surface area contributed by atoms with E-state index in [-0.39, 0.29) is 18.5 Å². The van der Waals surface area contributed by atoms with Gasteiger partial charge in [0.15, 0.2) is 0 Å². The van der Waals surface area contributed by atoms with Gasteiger partial charge in [-0.25, -0.2) is 0 Å². The molecule has 0 aromatic carbocycles. The largest absolute Gasteiger partial charge is 0.466 e. The zero-order valence-electron chi connectivity index (χ0n) is 41.8. The number of aliphatic hydroxyl groups excluding tert-OH is 2. The Morgan fingerprint density at radius 2 is 0.810 bits per heavy atom. The summed E-state index contributed by atoms with van der Waals surface area (Å²) in [4.78, 5) is 24.4. The van der Waals surface area contributed by atoms with Crippen molar-refractivity contribution in [1.82, 2.24) is 5.32 Å². The smallest absolute Gasteiger partial charge is 0.305 e. The van der Waals surface area contributed by atoms with Crippen LogP contribution in [0.25, 0.3) is 0 Å². The van der Waals surface area contributed by atoms with Crippen molar-refractivity contribution in [1.29, 1.82) is 0 Å². The first kappa shape index (κ1) is 60.8. The number of aliphatic hydroxyl groups is 2. The van der Waals surface area contributed by atoms with Gasteiger partial charge in [0.1, 0.15) is 0 Å². The lowest BCUT2D eigenvalue weighted by Gasteiger charge is -2.20. The van der Waals surface area contributed by atoms with Crippen molar-refractivity contribution in [2.24, 2.45) is 0 Å². The normalized spacial score (nSPS) is 13.0. The second-order valence-electron chi connectivity index (χ2n) is 18.5. The van der Waals surface area contributed by atoms with E-state index in [1.807, 2.05) is 6.08 Å². The van der Waals surface area contributed by atoms with Crippen LogP contribution in [0.3, 0.4) is 0 Å². The van der Waals surface area contributed by atoms with E-state index < -0.39 is 12.1 Å². The molecule has 0 aromatic rings. The van der Waals surface area contributed by atoms with E-state index in [1.165, 1.54) is 199 Å². The van der Waals surface area contributed by atoms with Gasteiger partial charge in [-0.15, -0.1) is 0 Å². The fourth-order valence-corrected chi connectivity index (χ4v) is 8.06. The molecule has 6 heteroatoms. The highest BCUT2D eigenvalue weighted by Gasteiger charge is 2.18. The zero-order valence-corrected chi connectivity index (χ0v) is 41.8. The Morgan fingerprint density at radius 3 is 1.27 bits per heavy atom. The van der Waals surface area contributed by atoms with Crippen molar-refractivity contribution in [2.75, 3.05) is 13.2 Å². The molecule has 0 fully saturated rings. The van der Waals surface area contributed by atoms with Gasteiger partial charge in [0.25, 0.3) is 0 Å². The number of allylic oxidation sites excluding steroid dienone is 7. The number of carbonyl (C=O) groups excluding carboxylic acids is 2. The van der Waals surface area contributed by atoms with Crippen LogP contribution >= 0.6 is 0 Å². The van der Waals surface area contributed by atoms with Crippen LogP contribution in [-0.2, 0) is 14.3 Å². The Morgan fingerprint density at radius 1 is 0.444 bits per heavy atom. The third kappa shape index (κ3) is 49.1. The Bertz CT molecular complexity index is 1070.